The van der Waals surface area contributed by atoms with Gasteiger partial charge in [0, 0.05) is 5.25 Å². The summed E-state index contributed by atoms with van der Waals surface area (Å²) < 4.78 is 0. The standard InChI is InChI=1S/C13H28S/c1-8-14-12(10(2)3)9-13(6,7)11(4)5/h10-12H,8-9H2,1-7H3. The van der Waals surface area contributed by atoms with Crippen LogP contribution in [-0.2, 0) is 0 Å². The first-order chi connectivity index (χ1) is 6.31. The van der Waals surface area contributed by atoms with Gasteiger partial charge in [0.25, 0.3) is 0 Å². The number of thioether (sulfide) groups is 1. The second-order valence-electron chi connectivity index (χ2n) is 5.59. The largest absolute Gasteiger partial charge is 0.159 e. The molecule has 0 aromatic rings. The van der Waals surface area contributed by atoms with Gasteiger partial charge < -0.3 is 0 Å². The van der Waals surface area contributed by atoms with Crippen LogP contribution < -0.4 is 0 Å². The van der Waals surface area contributed by atoms with Crippen LogP contribution in [-0.4, -0.2) is 11.0 Å². The summed E-state index contributed by atoms with van der Waals surface area (Å²) >= 11 is 2.13. The van der Waals surface area contributed by atoms with Crippen molar-refractivity contribution >= 4 is 11.8 Å². The lowest BCUT2D eigenvalue weighted by Gasteiger charge is -2.34. The van der Waals surface area contributed by atoms with E-state index in [9.17, 15) is 0 Å². The molecule has 0 radical (unpaired) electrons. The lowest BCUT2D eigenvalue weighted by Crippen LogP contribution is -2.27. The third-order valence-electron chi connectivity index (χ3n) is 3.41. The Labute approximate surface area is 95.2 Å². The highest BCUT2D eigenvalue weighted by Gasteiger charge is 2.27. The number of rotatable bonds is 6. The Balaban J connectivity index is 4.28. The first-order valence-electron chi connectivity index (χ1n) is 5.92. The molecule has 0 saturated carbocycles. The molecule has 14 heavy (non-hydrogen) atoms. The molecule has 0 bridgehead atoms. The van der Waals surface area contributed by atoms with Gasteiger partial charge in [-0.15, -0.1) is 0 Å². The number of hydrogen-bond acceptors (Lipinski definition) is 1. The molecular formula is C13H28S. The molecular weight excluding hydrogens is 188 g/mol. The summed E-state index contributed by atoms with van der Waals surface area (Å²) in [5.74, 6) is 2.83. The van der Waals surface area contributed by atoms with Gasteiger partial charge in [-0.2, -0.15) is 11.8 Å². The highest BCUT2D eigenvalue weighted by molar-refractivity contribution is 7.99. The Morgan fingerprint density at radius 1 is 1.07 bits per heavy atom. The predicted octanol–water partition coefficient (Wildman–Crippen LogP) is 4.84. The molecule has 0 aliphatic rings. The monoisotopic (exact) mass is 216 g/mol. The Morgan fingerprint density at radius 3 is 1.86 bits per heavy atom. The summed E-state index contributed by atoms with van der Waals surface area (Å²) in [6, 6.07) is 0. The van der Waals surface area contributed by atoms with Gasteiger partial charge in [0.15, 0.2) is 0 Å². The van der Waals surface area contributed by atoms with Crippen molar-refractivity contribution in [2.45, 2.75) is 60.1 Å². The van der Waals surface area contributed by atoms with E-state index in [-0.39, 0.29) is 0 Å². The van der Waals surface area contributed by atoms with Gasteiger partial charge in [0.05, 0.1) is 0 Å². The molecule has 0 nitrogen and oxygen atoms in total. The molecule has 0 aromatic heterocycles. The highest BCUT2D eigenvalue weighted by atomic mass is 32.2. The zero-order valence-corrected chi connectivity index (χ0v) is 11.9. The summed E-state index contributed by atoms with van der Waals surface area (Å²) in [4.78, 5) is 0. The smallest absolute Gasteiger partial charge is 0.00751 e. The molecule has 1 atom stereocenters. The van der Waals surface area contributed by atoms with Crippen molar-refractivity contribution in [3.05, 3.63) is 0 Å². The van der Waals surface area contributed by atoms with Gasteiger partial charge in [-0.25, -0.2) is 0 Å². The Kier molecular flexibility index (Phi) is 6.20. The topological polar surface area (TPSA) is 0 Å². The van der Waals surface area contributed by atoms with Crippen LogP contribution in [0.25, 0.3) is 0 Å². The Bertz CT molecular complexity index is 147. The van der Waals surface area contributed by atoms with Crippen LogP contribution in [0.2, 0.25) is 0 Å². The van der Waals surface area contributed by atoms with Crippen LogP contribution in [0.5, 0.6) is 0 Å². The zero-order chi connectivity index (χ0) is 11.4. The Hall–Kier alpha value is 0.350. The van der Waals surface area contributed by atoms with Crippen molar-refractivity contribution in [2.24, 2.45) is 17.3 Å². The van der Waals surface area contributed by atoms with E-state index < -0.39 is 0 Å². The summed E-state index contributed by atoms with van der Waals surface area (Å²) in [5.41, 5.74) is 0.483. The van der Waals surface area contributed by atoms with E-state index in [0.717, 1.165) is 17.1 Å². The quantitative estimate of drug-likeness (QED) is 0.612. The molecule has 0 aliphatic carbocycles. The fraction of sp³-hybridized carbons (Fsp3) is 1.00. The first kappa shape index (κ1) is 14.3. The van der Waals surface area contributed by atoms with Crippen molar-refractivity contribution in [1.29, 1.82) is 0 Å². The van der Waals surface area contributed by atoms with Crippen molar-refractivity contribution < 1.29 is 0 Å². The van der Waals surface area contributed by atoms with Crippen molar-refractivity contribution in [1.82, 2.24) is 0 Å². The van der Waals surface area contributed by atoms with Gasteiger partial charge in [-0.05, 0) is 29.4 Å². The van der Waals surface area contributed by atoms with Gasteiger partial charge in [-0.3, -0.25) is 0 Å². The van der Waals surface area contributed by atoms with Crippen molar-refractivity contribution in [3.63, 3.8) is 0 Å². The summed E-state index contributed by atoms with van der Waals surface area (Å²) in [5, 5.41) is 0.831. The third kappa shape index (κ3) is 4.72. The van der Waals surface area contributed by atoms with E-state index in [2.05, 4.69) is 60.2 Å². The molecule has 86 valence electrons. The van der Waals surface area contributed by atoms with Gasteiger partial charge in [0.1, 0.15) is 0 Å². The third-order valence-corrected chi connectivity index (χ3v) is 4.89. The van der Waals surface area contributed by atoms with Crippen LogP contribution in [0.1, 0.15) is 54.9 Å². The first-order valence-corrected chi connectivity index (χ1v) is 6.97. The van der Waals surface area contributed by atoms with Gasteiger partial charge in [0.2, 0.25) is 0 Å². The molecule has 1 unspecified atom stereocenters. The molecule has 1 heteroatoms. The average molecular weight is 216 g/mol. The van der Waals surface area contributed by atoms with Crippen molar-refractivity contribution in [3.8, 4) is 0 Å². The van der Waals surface area contributed by atoms with Crippen LogP contribution in [0, 0.1) is 17.3 Å². The molecule has 0 aromatic carbocycles. The zero-order valence-electron chi connectivity index (χ0n) is 11.1. The minimum absolute atomic E-state index is 0.483. The van der Waals surface area contributed by atoms with Crippen LogP contribution in [0.3, 0.4) is 0 Å². The van der Waals surface area contributed by atoms with E-state index in [0.29, 0.717) is 5.41 Å². The summed E-state index contributed by atoms with van der Waals surface area (Å²) in [6.07, 6.45) is 1.35. The molecule has 0 aliphatic heterocycles. The normalized spacial score (nSPS) is 15.2. The molecule has 0 N–H and O–H groups in total. The van der Waals surface area contributed by atoms with Gasteiger partial charge in [-0.1, -0.05) is 48.5 Å². The molecule has 0 rings (SSSR count). The van der Waals surface area contributed by atoms with Gasteiger partial charge >= 0.3 is 0 Å². The van der Waals surface area contributed by atoms with E-state index in [1.54, 1.807) is 0 Å². The minimum Gasteiger partial charge on any atom is -0.159 e. The SMILES string of the molecule is CCSC(CC(C)(C)C(C)C)C(C)C. The van der Waals surface area contributed by atoms with Crippen LogP contribution in [0.15, 0.2) is 0 Å². The lowest BCUT2D eigenvalue weighted by atomic mass is 9.76. The Morgan fingerprint density at radius 2 is 1.57 bits per heavy atom. The highest BCUT2D eigenvalue weighted by Crippen LogP contribution is 2.37. The number of hydrogen-bond donors (Lipinski definition) is 0. The van der Waals surface area contributed by atoms with E-state index in [1.807, 2.05) is 0 Å². The fourth-order valence-electron chi connectivity index (χ4n) is 1.46. The maximum Gasteiger partial charge on any atom is 0.00751 e. The molecule has 0 fully saturated rings. The maximum absolute atomic E-state index is 2.41. The molecule has 0 amide bonds. The van der Waals surface area contributed by atoms with E-state index >= 15 is 0 Å². The van der Waals surface area contributed by atoms with E-state index in [1.165, 1.54) is 12.2 Å². The fourth-order valence-corrected chi connectivity index (χ4v) is 2.82. The predicted molar refractivity (Wildman–Crippen MR) is 70.0 cm³/mol. The average Bonchev–Trinajstić information content (AvgIpc) is 2.02. The molecule has 0 spiro atoms. The second-order valence-corrected chi connectivity index (χ2v) is 7.10. The molecule has 0 heterocycles. The van der Waals surface area contributed by atoms with E-state index in [4.69, 9.17) is 0 Å². The minimum atomic E-state index is 0.483. The summed E-state index contributed by atoms with van der Waals surface area (Å²) in [6.45, 7) is 16.5. The summed E-state index contributed by atoms with van der Waals surface area (Å²) in [7, 11) is 0. The maximum atomic E-state index is 2.41. The van der Waals surface area contributed by atoms with Crippen LogP contribution in [0.4, 0.5) is 0 Å². The van der Waals surface area contributed by atoms with Crippen molar-refractivity contribution in [2.75, 3.05) is 5.75 Å². The lowest BCUT2D eigenvalue weighted by molar-refractivity contribution is 0.217. The second kappa shape index (κ2) is 6.05. The molecule has 0 saturated heterocycles. The van der Waals surface area contributed by atoms with Crippen LogP contribution >= 0.6 is 11.8 Å².